The minimum atomic E-state index is -0.488. The topological polar surface area (TPSA) is 64.7 Å². The first-order valence-corrected chi connectivity index (χ1v) is 3.36. The molecule has 12 heavy (non-hydrogen) atoms. The third-order valence-electron chi connectivity index (χ3n) is 1.37. The van der Waals surface area contributed by atoms with Crippen molar-refractivity contribution in [2.24, 2.45) is 4.99 Å². The molecule has 0 bridgehead atoms. The number of rotatable bonds is 1. The van der Waals surface area contributed by atoms with Crippen molar-refractivity contribution in [3.63, 3.8) is 0 Å². The maximum Gasteiger partial charge on any atom is 0.287 e. The van der Waals surface area contributed by atoms with Crippen molar-refractivity contribution in [2.45, 2.75) is 6.42 Å². The van der Waals surface area contributed by atoms with Crippen molar-refractivity contribution in [3.8, 4) is 0 Å². The highest BCUT2D eigenvalue weighted by Crippen LogP contribution is 2.05. The van der Waals surface area contributed by atoms with Crippen LogP contribution in [0.2, 0.25) is 0 Å². The molecule has 0 aromatic rings. The molecule has 1 aliphatic heterocycles. The lowest BCUT2D eigenvalue weighted by atomic mass is 10.3. The predicted octanol–water partition coefficient (Wildman–Crippen LogP) is 1.11. The Morgan fingerprint density at radius 3 is 3.08 bits per heavy atom. The number of aliphatic imine (C=N–C) groups is 1. The highest BCUT2D eigenvalue weighted by Gasteiger charge is 2.08. The number of hydrogen-bond acceptors (Lipinski definition) is 4. The van der Waals surface area contributed by atoms with Gasteiger partial charge in [-0.1, -0.05) is 6.08 Å². The molecular formula is C7H8N2O3. The summed E-state index contributed by atoms with van der Waals surface area (Å²) >= 11 is 0. The average Bonchev–Trinajstić information content (AvgIpc) is 2.28. The summed E-state index contributed by atoms with van der Waals surface area (Å²) in [7, 11) is 1.48. The van der Waals surface area contributed by atoms with E-state index < -0.39 is 4.92 Å². The van der Waals surface area contributed by atoms with Gasteiger partial charge in [0.1, 0.15) is 6.20 Å². The summed E-state index contributed by atoms with van der Waals surface area (Å²) in [5, 5.41) is 10.3. The van der Waals surface area contributed by atoms with Gasteiger partial charge in [-0.3, -0.25) is 10.1 Å². The Morgan fingerprint density at radius 2 is 2.50 bits per heavy atom. The Kier molecular flexibility index (Phi) is 2.57. The highest BCUT2D eigenvalue weighted by atomic mass is 16.6. The minimum Gasteiger partial charge on any atom is -0.484 e. The molecule has 5 nitrogen and oxygen atoms in total. The molecule has 0 atom stereocenters. The Balaban J connectivity index is 2.85. The normalized spacial score (nSPS) is 16.1. The van der Waals surface area contributed by atoms with Gasteiger partial charge in [-0.15, -0.1) is 0 Å². The van der Waals surface area contributed by atoms with Gasteiger partial charge in [-0.25, -0.2) is 4.99 Å². The number of methoxy groups -OCH3 is 1. The standard InChI is InChI=1S/C7H8N2O3/c1-12-7-4-2-3-6(5-8-7)9(10)11/h2-3,5H,4H2,1H3. The van der Waals surface area contributed by atoms with Gasteiger partial charge >= 0.3 is 0 Å². The van der Waals surface area contributed by atoms with Gasteiger partial charge in [-0.2, -0.15) is 0 Å². The molecule has 0 radical (unpaired) electrons. The van der Waals surface area contributed by atoms with Gasteiger partial charge in [0.15, 0.2) is 5.90 Å². The molecule has 64 valence electrons. The van der Waals surface area contributed by atoms with E-state index in [2.05, 4.69) is 4.99 Å². The summed E-state index contributed by atoms with van der Waals surface area (Å²) in [5.41, 5.74) is -0.0259. The van der Waals surface area contributed by atoms with Crippen molar-refractivity contribution in [1.29, 1.82) is 0 Å². The molecule has 0 saturated carbocycles. The van der Waals surface area contributed by atoms with Gasteiger partial charge in [0.2, 0.25) is 0 Å². The highest BCUT2D eigenvalue weighted by molar-refractivity contribution is 5.78. The zero-order valence-corrected chi connectivity index (χ0v) is 6.56. The second kappa shape index (κ2) is 3.66. The molecular weight excluding hydrogens is 160 g/mol. The van der Waals surface area contributed by atoms with Gasteiger partial charge in [0.05, 0.1) is 12.0 Å². The van der Waals surface area contributed by atoms with Crippen LogP contribution in [-0.4, -0.2) is 17.9 Å². The van der Waals surface area contributed by atoms with Crippen LogP contribution < -0.4 is 0 Å². The molecule has 0 saturated heterocycles. The van der Waals surface area contributed by atoms with Crippen LogP contribution in [0.15, 0.2) is 29.0 Å². The summed E-state index contributed by atoms with van der Waals surface area (Å²) in [6, 6.07) is 0. The van der Waals surface area contributed by atoms with Crippen molar-refractivity contribution < 1.29 is 9.66 Å². The summed E-state index contributed by atoms with van der Waals surface area (Å²) in [4.78, 5) is 13.6. The quantitative estimate of drug-likeness (QED) is 0.435. The fraction of sp³-hybridized carbons (Fsp3) is 0.286. The lowest BCUT2D eigenvalue weighted by molar-refractivity contribution is -0.419. The zero-order valence-electron chi connectivity index (χ0n) is 6.56. The van der Waals surface area contributed by atoms with Gasteiger partial charge in [0.25, 0.3) is 5.70 Å². The monoisotopic (exact) mass is 168 g/mol. The van der Waals surface area contributed by atoms with E-state index >= 15 is 0 Å². The Morgan fingerprint density at radius 1 is 1.75 bits per heavy atom. The van der Waals surface area contributed by atoms with Gasteiger partial charge in [0, 0.05) is 12.5 Å². The second-order valence-electron chi connectivity index (χ2n) is 2.14. The average molecular weight is 168 g/mol. The molecule has 0 aliphatic carbocycles. The number of nitro groups is 1. The van der Waals surface area contributed by atoms with E-state index in [9.17, 15) is 10.1 Å². The SMILES string of the molecule is COC1=NC=C([N+](=O)[O-])C=CC1. The van der Waals surface area contributed by atoms with E-state index in [4.69, 9.17) is 4.74 Å². The lowest BCUT2D eigenvalue weighted by Gasteiger charge is -1.95. The molecule has 0 N–H and O–H groups in total. The van der Waals surface area contributed by atoms with Crippen LogP contribution in [-0.2, 0) is 4.74 Å². The maximum atomic E-state index is 10.3. The number of hydrogen-bond donors (Lipinski definition) is 0. The molecule has 0 fully saturated rings. The summed E-state index contributed by atoms with van der Waals surface area (Å²) in [6.07, 6.45) is 4.73. The minimum absolute atomic E-state index is 0.0259. The van der Waals surface area contributed by atoms with Crippen molar-refractivity contribution >= 4 is 5.90 Å². The number of nitrogens with zero attached hydrogens (tertiary/aromatic N) is 2. The Bertz CT molecular complexity index is 278. The van der Waals surface area contributed by atoms with Crippen molar-refractivity contribution in [2.75, 3.05) is 7.11 Å². The van der Waals surface area contributed by atoms with Gasteiger partial charge < -0.3 is 4.74 Å². The lowest BCUT2D eigenvalue weighted by Crippen LogP contribution is -1.97. The molecule has 1 aliphatic rings. The Hall–Kier alpha value is -1.65. The fourth-order valence-corrected chi connectivity index (χ4v) is 0.758. The third kappa shape index (κ3) is 1.91. The Labute approximate surface area is 69.2 Å². The molecule has 5 heteroatoms. The summed E-state index contributed by atoms with van der Waals surface area (Å²) in [5.74, 6) is 0.475. The van der Waals surface area contributed by atoms with E-state index in [1.165, 1.54) is 19.4 Å². The smallest absolute Gasteiger partial charge is 0.287 e. The largest absolute Gasteiger partial charge is 0.484 e. The second-order valence-corrected chi connectivity index (χ2v) is 2.14. The van der Waals surface area contributed by atoms with Crippen LogP contribution in [0.25, 0.3) is 0 Å². The molecule has 1 heterocycles. The molecule has 0 spiro atoms. The summed E-state index contributed by atoms with van der Waals surface area (Å²) < 4.78 is 4.83. The number of allylic oxidation sites excluding steroid dienone is 1. The summed E-state index contributed by atoms with van der Waals surface area (Å²) in [6.45, 7) is 0. The van der Waals surface area contributed by atoms with Gasteiger partial charge in [-0.05, 0) is 0 Å². The van der Waals surface area contributed by atoms with Crippen LogP contribution in [0.3, 0.4) is 0 Å². The van der Waals surface area contributed by atoms with E-state index in [0.717, 1.165) is 0 Å². The first kappa shape index (κ1) is 8.45. The van der Waals surface area contributed by atoms with Crippen LogP contribution in [0.5, 0.6) is 0 Å². The van der Waals surface area contributed by atoms with Crippen LogP contribution >= 0.6 is 0 Å². The first-order chi connectivity index (χ1) is 5.74. The van der Waals surface area contributed by atoms with E-state index in [1.54, 1.807) is 6.08 Å². The molecule has 0 amide bonds. The fourth-order valence-electron chi connectivity index (χ4n) is 0.758. The van der Waals surface area contributed by atoms with Crippen LogP contribution in [0, 0.1) is 10.1 Å². The first-order valence-electron chi connectivity index (χ1n) is 3.36. The third-order valence-corrected chi connectivity index (χ3v) is 1.37. The molecule has 0 aromatic carbocycles. The molecule has 0 aromatic heterocycles. The van der Waals surface area contributed by atoms with Crippen LogP contribution in [0.4, 0.5) is 0 Å². The van der Waals surface area contributed by atoms with E-state index in [0.29, 0.717) is 12.3 Å². The van der Waals surface area contributed by atoms with Crippen LogP contribution in [0.1, 0.15) is 6.42 Å². The molecule has 0 unspecified atom stereocenters. The van der Waals surface area contributed by atoms with E-state index in [-0.39, 0.29) is 5.70 Å². The van der Waals surface area contributed by atoms with Crippen molar-refractivity contribution in [3.05, 3.63) is 34.2 Å². The molecule has 1 rings (SSSR count). The van der Waals surface area contributed by atoms with Crippen molar-refractivity contribution in [1.82, 2.24) is 0 Å². The number of ether oxygens (including phenoxy) is 1. The maximum absolute atomic E-state index is 10.3. The zero-order chi connectivity index (χ0) is 8.97. The van der Waals surface area contributed by atoms with E-state index in [1.807, 2.05) is 0 Å². The predicted molar refractivity (Wildman–Crippen MR) is 43.3 cm³/mol.